The van der Waals surface area contributed by atoms with Crippen LogP contribution in [0, 0.1) is 19.9 Å². The number of fused-ring (bicyclic) bond motifs is 2. The van der Waals surface area contributed by atoms with Gasteiger partial charge in [0.2, 0.25) is 0 Å². The average Bonchev–Trinajstić information content (AvgIpc) is 3.40. The number of benzene rings is 3. The Bertz CT molecular complexity index is 1150. The minimum absolute atomic E-state index is 0. The van der Waals surface area contributed by atoms with E-state index in [2.05, 4.69) is 44.2 Å². The average molecular weight is 462 g/mol. The third-order valence-corrected chi connectivity index (χ3v) is 7.96. The van der Waals surface area contributed by atoms with Crippen molar-refractivity contribution in [1.82, 2.24) is 0 Å². The van der Waals surface area contributed by atoms with Gasteiger partial charge in [-0.05, 0) is 100 Å². The molecule has 1 heteroatoms. The van der Waals surface area contributed by atoms with Crippen LogP contribution in [0.1, 0.15) is 81.7 Å². The Morgan fingerprint density at radius 1 is 0.700 bits per heavy atom. The second-order valence-corrected chi connectivity index (χ2v) is 9.45. The van der Waals surface area contributed by atoms with Crippen LogP contribution in [-0.4, -0.2) is 0 Å². The first kappa shape index (κ1) is 19.4. The van der Waals surface area contributed by atoms with Crippen LogP contribution < -0.4 is 0 Å². The molecule has 1 fully saturated rings. The van der Waals surface area contributed by atoms with Gasteiger partial charge in [0.15, 0.2) is 0 Å². The zero-order valence-electron chi connectivity index (χ0n) is 17.5. The summed E-state index contributed by atoms with van der Waals surface area (Å²) in [5.41, 5.74) is 21.2. The minimum Gasteiger partial charge on any atom is -0.372 e. The summed E-state index contributed by atoms with van der Waals surface area (Å²) in [6, 6.07) is 13.1. The predicted molar refractivity (Wildman–Crippen MR) is 119 cm³/mol. The van der Waals surface area contributed by atoms with E-state index in [0.29, 0.717) is 0 Å². The first-order valence-corrected chi connectivity index (χ1v) is 11.2. The first-order chi connectivity index (χ1) is 14.3. The Hall–Kier alpha value is -1.24. The van der Waals surface area contributed by atoms with Crippen molar-refractivity contribution < 1.29 is 32.7 Å². The normalized spacial score (nSPS) is 17.1. The molecule has 144 valence electrons. The van der Waals surface area contributed by atoms with Crippen molar-refractivity contribution in [2.75, 3.05) is 0 Å². The van der Waals surface area contributed by atoms with E-state index in [9.17, 15) is 0 Å². The van der Waals surface area contributed by atoms with Gasteiger partial charge >= 0.3 is 32.7 Å². The van der Waals surface area contributed by atoms with Gasteiger partial charge in [0, 0.05) is 0 Å². The van der Waals surface area contributed by atoms with Crippen LogP contribution >= 0.6 is 0 Å². The quantitative estimate of drug-likeness (QED) is 0.237. The molecule has 0 saturated heterocycles. The molecule has 0 radical (unpaired) electrons. The fraction of sp³-hybridized carbons (Fsp3) is 0.310. The van der Waals surface area contributed by atoms with Gasteiger partial charge in [-0.25, -0.2) is 0 Å². The van der Waals surface area contributed by atoms with E-state index in [1.165, 1.54) is 43.2 Å². The smallest absolute Gasteiger partial charge is 0.372 e. The molecule has 0 aliphatic heterocycles. The molecule has 8 rings (SSSR count). The zero-order chi connectivity index (χ0) is 19.3. The number of hydrogen-bond donors (Lipinski definition) is 0. The number of hydrogen-bond acceptors (Lipinski definition) is 0. The van der Waals surface area contributed by atoms with Crippen LogP contribution in [0.5, 0.6) is 0 Å². The van der Waals surface area contributed by atoms with Gasteiger partial charge in [0.05, 0.1) is 0 Å². The van der Waals surface area contributed by atoms with Crippen LogP contribution in [0.3, 0.4) is 0 Å². The Labute approximate surface area is 205 Å². The third-order valence-electron chi connectivity index (χ3n) is 7.96. The van der Waals surface area contributed by atoms with Crippen LogP contribution in [0.25, 0.3) is 22.3 Å². The van der Waals surface area contributed by atoms with Crippen LogP contribution in [0.4, 0.5) is 0 Å². The van der Waals surface area contributed by atoms with Gasteiger partial charge in [0.25, 0.3) is 0 Å². The Morgan fingerprint density at radius 3 is 1.57 bits per heavy atom. The van der Waals surface area contributed by atoms with Crippen molar-refractivity contribution in [1.29, 1.82) is 0 Å². The first-order valence-electron chi connectivity index (χ1n) is 11.2. The van der Waals surface area contributed by atoms with E-state index in [4.69, 9.17) is 0 Å². The standard InChI is InChI=1S/C26H19.C3H6.Y/c1-3-13(4-1)16-7-17-11-21-19-9-14-5-2-6-15-10-20(25(19)23(14)15)22-12-18(8-16)24(17)26(21)22;1-3-2;/h5-8,13H,1,3-4,9-12H2;1-3H2;/q-1;-2;+3. The van der Waals surface area contributed by atoms with E-state index < -0.39 is 0 Å². The maximum absolute atomic E-state index is 3.41. The third kappa shape index (κ3) is 2.36. The topological polar surface area (TPSA) is 0 Å². The predicted octanol–water partition coefficient (Wildman–Crippen LogP) is 6.75. The molecule has 0 N–H and O–H groups in total. The van der Waals surface area contributed by atoms with Crippen molar-refractivity contribution in [3.63, 3.8) is 0 Å². The summed E-state index contributed by atoms with van der Waals surface area (Å²) in [6.07, 6.45) is 9.63. The fourth-order valence-corrected chi connectivity index (χ4v) is 6.68. The summed E-state index contributed by atoms with van der Waals surface area (Å²) in [7, 11) is 0. The molecular weight excluding hydrogens is 437 g/mol. The molecular formula is C29H25Y. The van der Waals surface area contributed by atoms with Crippen molar-refractivity contribution in [3.05, 3.63) is 94.3 Å². The van der Waals surface area contributed by atoms with E-state index in [1.807, 2.05) is 0 Å². The van der Waals surface area contributed by atoms with Gasteiger partial charge in [-0.15, -0.1) is 16.7 Å². The van der Waals surface area contributed by atoms with Crippen molar-refractivity contribution in [2.24, 2.45) is 0 Å². The molecule has 0 amide bonds. The summed E-state index contributed by atoms with van der Waals surface area (Å²) < 4.78 is 0. The maximum atomic E-state index is 3.41. The fourth-order valence-electron chi connectivity index (χ4n) is 6.68. The summed E-state index contributed by atoms with van der Waals surface area (Å²) >= 11 is 0. The molecule has 0 spiro atoms. The van der Waals surface area contributed by atoms with E-state index in [1.54, 1.807) is 61.2 Å². The summed E-state index contributed by atoms with van der Waals surface area (Å²) in [4.78, 5) is 0. The van der Waals surface area contributed by atoms with Gasteiger partial charge in [-0.1, -0.05) is 18.6 Å². The summed E-state index contributed by atoms with van der Waals surface area (Å²) in [6.45, 7) is 6.75. The second-order valence-electron chi connectivity index (χ2n) is 9.45. The molecule has 0 unspecified atom stereocenters. The summed E-state index contributed by atoms with van der Waals surface area (Å²) in [5.74, 6) is 0.845. The monoisotopic (exact) mass is 462 g/mol. The van der Waals surface area contributed by atoms with Gasteiger partial charge in [0.1, 0.15) is 0 Å². The molecule has 5 aliphatic carbocycles. The molecule has 3 aromatic carbocycles. The molecule has 0 heterocycles. The van der Waals surface area contributed by atoms with E-state index in [0.717, 1.165) is 25.2 Å². The Kier molecular flexibility index (Phi) is 4.46. The van der Waals surface area contributed by atoms with Crippen molar-refractivity contribution >= 4 is 0 Å². The molecule has 3 aromatic rings. The van der Waals surface area contributed by atoms with Crippen LogP contribution in [0.15, 0.2) is 24.3 Å². The SMILES string of the molecule is [CH2-]C[CH2-].[Y+3].[c-]1cc2c3c(c1)Cc1c4c5c(c(c1-3)C2)Cc1cc(C2CCC2)cc(c1-5)C4. The summed E-state index contributed by atoms with van der Waals surface area (Å²) in [5, 5.41) is 0. The van der Waals surface area contributed by atoms with Gasteiger partial charge < -0.3 is 20.3 Å². The molecule has 0 aromatic heterocycles. The zero-order valence-corrected chi connectivity index (χ0v) is 20.4. The Morgan fingerprint density at radius 2 is 1.13 bits per heavy atom. The molecule has 30 heavy (non-hydrogen) atoms. The molecule has 0 atom stereocenters. The molecule has 0 nitrogen and oxygen atoms in total. The van der Waals surface area contributed by atoms with Crippen LogP contribution in [0.2, 0.25) is 0 Å². The largest absolute Gasteiger partial charge is 3.00 e. The van der Waals surface area contributed by atoms with Gasteiger partial charge in [-0.3, -0.25) is 0 Å². The molecule has 1 saturated carbocycles. The number of rotatable bonds is 1. The minimum atomic E-state index is 0. The van der Waals surface area contributed by atoms with Crippen molar-refractivity contribution in [2.45, 2.75) is 57.3 Å². The van der Waals surface area contributed by atoms with Crippen LogP contribution in [-0.2, 0) is 58.4 Å². The maximum Gasteiger partial charge on any atom is 3.00 e. The second kappa shape index (κ2) is 6.88. The van der Waals surface area contributed by atoms with E-state index >= 15 is 0 Å². The Balaban J connectivity index is 0.000000416. The van der Waals surface area contributed by atoms with E-state index in [-0.39, 0.29) is 32.7 Å². The molecule has 5 aliphatic rings. The van der Waals surface area contributed by atoms with Crippen molar-refractivity contribution in [3.8, 4) is 22.3 Å². The van der Waals surface area contributed by atoms with Gasteiger partial charge in [-0.2, -0.15) is 18.2 Å². The molecule has 0 bridgehead atoms.